The topological polar surface area (TPSA) is 15.3 Å². The zero-order chi connectivity index (χ0) is 17.1. The molecule has 144 valence electrons. The molecule has 3 aliphatic carbocycles. The van der Waals surface area contributed by atoms with Gasteiger partial charge in [0.05, 0.1) is 10.4 Å². The molecule has 0 bridgehead atoms. The highest BCUT2D eigenvalue weighted by Crippen LogP contribution is 2.51. The van der Waals surface area contributed by atoms with Gasteiger partial charge in [-0.3, -0.25) is 0 Å². The van der Waals surface area contributed by atoms with E-state index in [4.69, 9.17) is 0 Å². The van der Waals surface area contributed by atoms with Crippen LogP contribution in [0, 0.1) is 17.8 Å². The van der Waals surface area contributed by atoms with E-state index in [1.807, 2.05) is 0 Å². The van der Waals surface area contributed by atoms with Crippen LogP contribution < -0.4 is 5.32 Å². The maximum absolute atomic E-state index is 4.19. The molecule has 25 heavy (non-hydrogen) atoms. The van der Waals surface area contributed by atoms with E-state index in [9.17, 15) is 0 Å². The van der Waals surface area contributed by atoms with E-state index in [1.54, 1.807) is 0 Å². The van der Waals surface area contributed by atoms with E-state index < -0.39 is 0 Å². The number of nitrogens with zero attached hydrogens (tertiary/aromatic N) is 1. The molecule has 1 atom stereocenters. The summed E-state index contributed by atoms with van der Waals surface area (Å²) in [7, 11) is 1.28. The van der Waals surface area contributed by atoms with Crippen LogP contribution in [-0.4, -0.2) is 39.6 Å². The van der Waals surface area contributed by atoms with Gasteiger partial charge < -0.3 is 9.88 Å². The summed E-state index contributed by atoms with van der Waals surface area (Å²) in [6.07, 6.45) is 22.6. The zero-order valence-corrected chi connectivity index (χ0v) is 18.8. The van der Waals surface area contributed by atoms with Crippen molar-refractivity contribution >= 4 is 10.4 Å². The van der Waals surface area contributed by atoms with Gasteiger partial charge in [-0.1, -0.05) is 57.8 Å². The van der Waals surface area contributed by atoms with E-state index in [1.165, 1.54) is 120 Å². The molecule has 0 aromatic heterocycles. The van der Waals surface area contributed by atoms with Gasteiger partial charge in [0.15, 0.2) is 0 Å². The minimum Gasteiger partial charge on any atom is -0.324 e. The zero-order valence-electron chi connectivity index (χ0n) is 16.8. The maximum Gasteiger partial charge on any atom is 0.0793 e. The molecule has 1 unspecified atom stereocenters. The first-order valence-electron chi connectivity index (χ1n) is 11.8. The first-order chi connectivity index (χ1) is 12.3. The molecule has 4 aliphatic rings. The monoisotopic (exact) mass is 362 g/mol. The van der Waals surface area contributed by atoms with Crippen molar-refractivity contribution in [2.75, 3.05) is 13.1 Å². The van der Waals surface area contributed by atoms with Crippen LogP contribution in [0.2, 0.25) is 0 Å². The largest absolute Gasteiger partial charge is 0.324 e. The highest BCUT2D eigenvalue weighted by Gasteiger charge is 2.56. The van der Waals surface area contributed by atoms with Crippen LogP contribution in [0.15, 0.2) is 0 Å². The van der Waals surface area contributed by atoms with Gasteiger partial charge in [0.2, 0.25) is 0 Å². The lowest BCUT2D eigenvalue weighted by molar-refractivity contribution is -0.0650. The van der Waals surface area contributed by atoms with Crippen molar-refractivity contribution in [3.63, 3.8) is 0 Å². The fourth-order valence-corrected chi connectivity index (χ4v) is 8.82. The highest BCUT2D eigenvalue weighted by molar-refractivity contribution is 6.05. The smallest absolute Gasteiger partial charge is 0.0793 e. The van der Waals surface area contributed by atoms with Gasteiger partial charge in [-0.05, 0) is 56.3 Å². The fraction of sp³-hybridized carbons (Fsp3) is 1.00. The van der Waals surface area contributed by atoms with Crippen LogP contribution in [-0.2, 0) is 0 Å². The molecule has 0 radical (unpaired) electrons. The Morgan fingerprint density at radius 2 is 1.16 bits per heavy atom. The molecule has 2 nitrogen and oxygen atoms in total. The molecule has 1 N–H and O–H groups in total. The van der Waals surface area contributed by atoms with Crippen molar-refractivity contribution < 1.29 is 0 Å². The van der Waals surface area contributed by atoms with Crippen LogP contribution in [0.1, 0.15) is 96.3 Å². The predicted molar refractivity (Wildman–Crippen MR) is 111 cm³/mol. The van der Waals surface area contributed by atoms with Crippen molar-refractivity contribution in [1.82, 2.24) is 9.88 Å². The molecule has 3 heteroatoms. The van der Waals surface area contributed by atoms with E-state index in [0.29, 0.717) is 5.54 Å². The van der Waals surface area contributed by atoms with Crippen LogP contribution in [0.4, 0.5) is 0 Å². The summed E-state index contributed by atoms with van der Waals surface area (Å²) in [6.45, 7) is 2.59. The van der Waals surface area contributed by atoms with E-state index >= 15 is 0 Å². The quantitative estimate of drug-likeness (QED) is 0.763. The van der Waals surface area contributed by atoms with Gasteiger partial charge in [-0.25, -0.2) is 0 Å². The van der Waals surface area contributed by atoms with Crippen molar-refractivity contribution in [2.24, 2.45) is 17.8 Å². The van der Waals surface area contributed by atoms with Crippen molar-refractivity contribution in [3.05, 3.63) is 0 Å². The molecule has 3 saturated carbocycles. The lowest BCUT2D eigenvalue weighted by Crippen LogP contribution is -2.74. The van der Waals surface area contributed by atoms with Gasteiger partial charge in [0.25, 0.3) is 0 Å². The van der Waals surface area contributed by atoms with Gasteiger partial charge in [-0.15, -0.1) is 0 Å². The van der Waals surface area contributed by atoms with E-state index in [-0.39, 0.29) is 0 Å². The van der Waals surface area contributed by atoms with Crippen molar-refractivity contribution in [3.8, 4) is 0 Å². The van der Waals surface area contributed by atoms with E-state index in [2.05, 4.69) is 9.88 Å². The summed E-state index contributed by atoms with van der Waals surface area (Å²) in [5.41, 5.74) is 0.535. The van der Waals surface area contributed by atoms with Crippen molar-refractivity contribution in [1.29, 1.82) is 0 Å². The van der Waals surface area contributed by atoms with Gasteiger partial charge in [0, 0.05) is 24.7 Å². The average molecular weight is 363 g/mol. The Bertz CT molecular complexity index is 390. The van der Waals surface area contributed by atoms with Crippen LogP contribution >= 0.6 is 0 Å². The summed E-state index contributed by atoms with van der Waals surface area (Å²) in [4.78, 5) is 0. The SMILES string of the molecule is [SiH3]N1CCNC(C2CCCCC2)C1(C1CCCCC1)C1CCCCC1. The summed E-state index contributed by atoms with van der Waals surface area (Å²) in [5, 5.41) is 4.19. The number of hydrogen-bond donors (Lipinski definition) is 1. The molecule has 0 aromatic rings. The van der Waals surface area contributed by atoms with Crippen LogP contribution in [0.5, 0.6) is 0 Å². The summed E-state index contributed by atoms with van der Waals surface area (Å²) in [6, 6.07) is 0.810. The minimum absolute atomic E-state index is 0.535. The third-order valence-corrected chi connectivity index (χ3v) is 9.83. The number of rotatable bonds is 3. The number of hydrogen-bond acceptors (Lipinski definition) is 2. The maximum atomic E-state index is 4.19. The third-order valence-electron chi connectivity index (χ3n) is 8.61. The van der Waals surface area contributed by atoms with Crippen LogP contribution in [0.25, 0.3) is 0 Å². The van der Waals surface area contributed by atoms with E-state index in [0.717, 1.165) is 23.8 Å². The molecule has 4 rings (SSSR count). The molecule has 4 fully saturated rings. The molecule has 0 amide bonds. The molecular weight excluding hydrogens is 320 g/mol. The second-order valence-corrected chi connectivity index (χ2v) is 10.9. The predicted octanol–water partition coefficient (Wildman–Crippen LogP) is 4.02. The Balaban J connectivity index is 1.69. The second kappa shape index (κ2) is 8.44. The Kier molecular flexibility index (Phi) is 6.24. The Hall–Kier alpha value is 0.137. The van der Waals surface area contributed by atoms with Gasteiger partial charge in [-0.2, -0.15) is 0 Å². The third kappa shape index (κ3) is 3.50. The summed E-state index contributed by atoms with van der Waals surface area (Å²) in [5.74, 6) is 2.94. The summed E-state index contributed by atoms with van der Waals surface area (Å²) >= 11 is 0. The molecule has 0 aromatic carbocycles. The normalized spacial score (nSPS) is 34.3. The Labute approximate surface area is 159 Å². The average Bonchev–Trinajstić information content (AvgIpc) is 2.70. The Morgan fingerprint density at radius 1 is 0.680 bits per heavy atom. The molecule has 1 aliphatic heterocycles. The summed E-state index contributed by atoms with van der Waals surface area (Å²) < 4.78 is 3.05. The first-order valence-corrected chi connectivity index (χ1v) is 12.7. The van der Waals surface area contributed by atoms with Crippen LogP contribution in [0.3, 0.4) is 0 Å². The number of nitrogens with one attached hydrogen (secondary N) is 1. The first kappa shape index (κ1) is 18.5. The molecule has 1 heterocycles. The lowest BCUT2D eigenvalue weighted by Gasteiger charge is -2.63. The highest BCUT2D eigenvalue weighted by atomic mass is 28.2. The molecule has 0 spiro atoms. The molecular formula is C22H42N2Si. The minimum atomic E-state index is 0.535. The standard InChI is InChI=1S/C22H42N2Si/c25-24-17-16-23-21(18-10-4-1-5-11-18)22(24,19-12-6-2-7-13-19)20-14-8-3-9-15-20/h18-21,23H,1-17H2,25H3. The molecule has 1 saturated heterocycles. The number of piperazine rings is 1. The van der Waals surface area contributed by atoms with Crippen molar-refractivity contribution in [2.45, 2.75) is 108 Å². The fourth-order valence-electron chi connectivity index (χ4n) is 7.59. The van der Waals surface area contributed by atoms with Gasteiger partial charge >= 0.3 is 0 Å². The lowest BCUT2D eigenvalue weighted by atomic mass is 9.57. The second-order valence-electron chi connectivity index (χ2n) is 9.81. The van der Waals surface area contributed by atoms with Gasteiger partial charge in [0.1, 0.15) is 0 Å². The Morgan fingerprint density at radius 3 is 1.68 bits per heavy atom.